The molecule has 3 heteroatoms. The zero-order chi connectivity index (χ0) is 11.8. The second kappa shape index (κ2) is 4.60. The molecule has 2 unspecified atom stereocenters. The molecule has 3 fully saturated rings. The van der Waals surface area contributed by atoms with E-state index in [0.29, 0.717) is 30.0 Å². The topological polar surface area (TPSA) is 32.3 Å². The molecule has 2 heterocycles. The zero-order valence-electron chi connectivity index (χ0n) is 10.8. The smallest absolute Gasteiger partial charge is 0.222 e. The molecule has 1 amide bonds. The van der Waals surface area contributed by atoms with E-state index in [4.69, 9.17) is 0 Å². The van der Waals surface area contributed by atoms with Gasteiger partial charge >= 0.3 is 0 Å². The summed E-state index contributed by atoms with van der Waals surface area (Å²) in [6, 6.07) is 1.97. The number of carbonyl (C=O) groups is 1. The number of fused-ring (bicyclic) bond motifs is 2. The first-order valence-electron chi connectivity index (χ1n) is 7.24. The van der Waals surface area contributed by atoms with Gasteiger partial charge in [-0.15, -0.1) is 0 Å². The third-order valence-corrected chi connectivity index (χ3v) is 5.05. The van der Waals surface area contributed by atoms with Crippen LogP contribution in [0.5, 0.6) is 0 Å². The van der Waals surface area contributed by atoms with Gasteiger partial charge in [-0.2, -0.15) is 0 Å². The number of amides is 1. The zero-order valence-corrected chi connectivity index (χ0v) is 10.8. The molecule has 0 radical (unpaired) electrons. The molecule has 0 aromatic heterocycles. The average Bonchev–Trinajstić information content (AvgIpc) is 2.55. The highest BCUT2D eigenvalue weighted by molar-refractivity contribution is 5.76. The van der Waals surface area contributed by atoms with Crippen LogP contribution < -0.4 is 5.32 Å². The van der Waals surface area contributed by atoms with Crippen molar-refractivity contribution in [1.82, 2.24) is 10.2 Å². The van der Waals surface area contributed by atoms with Crippen LogP contribution in [0.2, 0.25) is 0 Å². The summed E-state index contributed by atoms with van der Waals surface area (Å²) in [6.07, 6.45) is 9.64. The van der Waals surface area contributed by atoms with Gasteiger partial charge in [0, 0.05) is 31.6 Å². The van der Waals surface area contributed by atoms with Crippen LogP contribution in [0.25, 0.3) is 0 Å². The lowest BCUT2D eigenvalue weighted by molar-refractivity contribution is -0.134. The first-order valence-corrected chi connectivity index (χ1v) is 7.24. The van der Waals surface area contributed by atoms with Crippen LogP contribution in [0.15, 0.2) is 0 Å². The van der Waals surface area contributed by atoms with Crippen molar-refractivity contribution in [3.63, 3.8) is 0 Å². The molecule has 2 atom stereocenters. The van der Waals surface area contributed by atoms with Crippen molar-refractivity contribution in [2.75, 3.05) is 7.05 Å². The second-order valence-electron chi connectivity index (χ2n) is 6.27. The van der Waals surface area contributed by atoms with Crippen molar-refractivity contribution < 1.29 is 4.79 Å². The second-order valence-corrected chi connectivity index (χ2v) is 6.27. The maximum atomic E-state index is 12.2. The van der Waals surface area contributed by atoms with E-state index in [9.17, 15) is 4.79 Å². The van der Waals surface area contributed by atoms with Crippen molar-refractivity contribution in [3.05, 3.63) is 0 Å². The van der Waals surface area contributed by atoms with Crippen molar-refractivity contribution >= 4 is 5.91 Å². The maximum Gasteiger partial charge on any atom is 0.222 e. The first kappa shape index (κ1) is 11.5. The Bertz CT molecular complexity index is 289. The van der Waals surface area contributed by atoms with E-state index in [0.717, 1.165) is 6.42 Å². The van der Waals surface area contributed by atoms with Gasteiger partial charge < -0.3 is 10.2 Å². The number of rotatable bonds is 3. The summed E-state index contributed by atoms with van der Waals surface area (Å²) >= 11 is 0. The van der Waals surface area contributed by atoms with Gasteiger partial charge in [0.2, 0.25) is 5.91 Å². The predicted octanol–water partition coefficient (Wildman–Crippen LogP) is 1.92. The molecule has 2 saturated heterocycles. The van der Waals surface area contributed by atoms with Gasteiger partial charge in [-0.3, -0.25) is 4.79 Å². The normalized spacial score (nSPS) is 36.6. The SMILES string of the molecule is CN(C(=O)CC1CC2CCC(C1)N2)C1CCC1. The van der Waals surface area contributed by atoms with E-state index < -0.39 is 0 Å². The van der Waals surface area contributed by atoms with E-state index in [2.05, 4.69) is 5.32 Å². The third-order valence-electron chi connectivity index (χ3n) is 5.05. The Labute approximate surface area is 104 Å². The molecule has 1 saturated carbocycles. The Morgan fingerprint density at radius 1 is 1.18 bits per heavy atom. The van der Waals surface area contributed by atoms with Crippen molar-refractivity contribution in [1.29, 1.82) is 0 Å². The van der Waals surface area contributed by atoms with Crippen molar-refractivity contribution in [3.8, 4) is 0 Å². The van der Waals surface area contributed by atoms with Gasteiger partial charge in [0.15, 0.2) is 0 Å². The number of hydrogen-bond acceptors (Lipinski definition) is 2. The highest BCUT2D eigenvalue weighted by Crippen LogP contribution is 2.33. The standard InChI is InChI=1S/C14H24N2O/c1-16(13-3-2-4-13)14(17)9-10-7-11-5-6-12(8-10)15-11/h10-13,15H,2-9H2,1H3. The number of nitrogens with one attached hydrogen (secondary N) is 1. The molecule has 2 bridgehead atoms. The lowest BCUT2D eigenvalue weighted by Crippen LogP contribution is -2.44. The molecular weight excluding hydrogens is 212 g/mol. The molecule has 0 aromatic rings. The third kappa shape index (κ3) is 2.35. The van der Waals surface area contributed by atoms with Gasteiger partial charge in [0.05, 0.1) is 0 Å². The fourth-order valence-electron chi connectivity index (χ4n) is 3.71. The van der Waals surface area contributed by atoms with Crippen molar-refractivity contribution in [2.45, 2.75) is 69.5 Å². The van der Waals surface area contributed by atoms with Gasteiger partial charge in [0.1, 0.15) is 0 Å². The van der Waals surface area contributed by atoms with Crippen LogP contribution in [-0.4, -0.2) is 36.0 Å². The highest BCUT2D eigenvalue weighted by Gasteiger charge is 2.35. The number of hydrogen-bond donors (Lipinski definition) is 1. The van der Waals surface area contributed by atoms with Gasteiger partial charge in [-0.25, -0.2) is 0 Å². The lowest BCUT2D eigenvalue weighted by atomic mass is 9.87. The molecule has 17 heavy (non-hydrogen) atoms. The van der Waals surface area contributed by atoms with E-state index in [1.165, 1.54) is 44.9 Å². The van der Waals surface area contributed by atoms with Crippen LogP contribution in [0, 0.1) is 5.92 Å². The quantitative estimate of drug-likeness (QED) is 0.812. The Kier molecular flexibility index (Phi) is 3.12. The van der Waals surface area contributed by atoms with Crippen molar-refractivity contribution in [2.24, 2.45) is 5.92 Å². The van der Waals surface area contributed by atoms with Crippen LogP contribution in [0.3, 0.4) is 0 Å². The first-order chi connectivity index (χ1) is 8.22. The fourth-order valence-corrected chi connectivity index (χ4v) is 3.71. The van der Waals surface area contributed by atoms with Crippen LogP contribution in [0.4, 0.5) is 0 Å². The van der Waals surface area contributed by atoms with E-state index in [1.54, 1.807) is 0 Å². The highest BCUT2D eigenvalue weighted by atomic mass is 16.2. The fraction of sp³-hybridized carbons (Fsp3) is 0.929. The minimum absolute atomic E-state index is 0.390. The monoisotopic (exact) mass is 236 g/mol. The molecule has 2 aliphatic heterocycles. The molecule has 3 rings (SSSR count). The van der Waals surface area contributed by atoms with Crippen LogP contribution in [-0.2, 0) is 4.79 Å². The number of carbonyl (C=O) groups excluding carboxylic acids is 1. The summed E-state index contributed by atoms with van der Waals surface area (Å²) in [7, 11) is 2.00. The Hall–Kier alpha value is -0.570. The van der Waals surface area contributed by atoms with Gasteiger partial charge in [-0.1, -0.05) is 0 Å². The summed E-state index contributed by atoms with van der Waals surface area (Å²) in [5.41, 5.74) is 0. The van der Waals surface area contributed by atoms with E-state index in [1.807, 2.05) is 11.9 Å². The van der Waals surface area contributed by atoms with E-state index in [-0.39, 0.29) is 0 Å². The summed E-state index contributed by atoms with van der Waals surface area (Å²) in [6.45, 7) is 0. The predicted molar refractivity (Wildman–Crippen MR) is 67.7 cm³/mol. The van der Waals surface area contributed by atoms with E-state index >= 15 is 0 Å². The number of nitrogens with zero attached hydrogens (tertiary/aromatic N) is 1. The van der Waals surface area contributed by atoms with Crippen LogP contribution in [0.1, 0.15) is 51.4 Å². The Morgan fingerprint density at radius 3 is 2.35 bits per heavy atom. The molecule has 3 nitrogen and oxygen atoms in total. The molecular formula is C14H24N2O. The largest absolute Gasteiger partial charge is 0.343 e. The molecule has 96 valence electrons. The molecule has 0 aromatic carbocycles. The Balaban J connectivity index is 1.50. The summed E-state index contributed by atoms with van der Waals surface area (Å²) in [4.78, 5) is 14.2. The summed E-state index contributed by atoms with van der Waals surface area (Å²) < 4.78 is 0. The van der Waals surface area contributed by atoms with Crippen LogP contribution >= 0.6 is 0 Å². The van der Waals surface area contributed by atoms with Gasteiger partial charge in [0.25, 0.3) is 0 Å². The molecule has 3 aliphatic rings. The molecule has 1 N–H and O–H groups in total. The maximum absolute atomic E-state index is 12.2. The number of piperidine rings is 1. The molecule has 0 spiro atoms. The average molecular weight is 236 g/mol. The Morgan fingerprint density at radius 2 is 1.82 bits per heavy atom. The minimum Gasteiger partial charge on any atom is -0.343 e. The molecule has 1 aliphatic carbocycles. The summed E-state index contributed by atoms with van der Waals surface area (Å²) in [5.74, 6) is 1.03. The summed E-state index contributed by atoms with van der Waals surface area (Å²) in [5, 5.41) is 3.64. The minimum atomic E-state index is 0.390. The van der Waals surface area contributed by atoms with Gasteiger partial charge in [-0.05, 0) is 50.9 Å². The lowest BCUT2D eigenvalue weighted by Gasteiger charge is -2.36.